The molecule has 105 heavy (non-hydrogen) atoms. The van der Waals surface area contributed by atoms with Gasteiger partial charge < -0.3 is 34.3 Å². The zero-order valence-corrected chi connectivity index (χ0v) is 57.5. The van der Waals surface area contributed by atoms with E-state index < -0.39 is 0 Å². The van der Waals surface area contributed by atoms with Gasteiger partial charge in [0.1, 0.15) is 0 Å². The molecule has 0 bridgehead atoms. The average Bonchev–Trinajstić information content (AvgIpc) is 0.785. The van der Waals surface area contributed by atoms with Crippen molar-refractivity contribution >= 4 is 141 Å². The lowest BCUT2D eigenvalue weighted by Crippen LogP contribution is -2.14. The molecule has 0 N–H and O–H groups in total. The van der Waals surface area contributed by atoms with E-state index in [2.05, 4.69) is 441 Å². The second kappa shape index (κ2) is 29.5. The molecule has 0 spiro atoms. The smallest absolute Gasteiger partial charge is 0.0723 e. The van der Waals surface area contributed by atoms with Gasteiger partial charge in [-0.3, -0.25) is 9.97 Å². The van der Waals surface area contributed by atoms with Crippen LogP contribution in [0.2, 0.25) is 0 Å². The molecule has 0 unspecified atom stereocenters. The first-order chi connectivity index (χ1) is 52.1. The number of pyridine rings is 2. The minimum atomic E-state index is 0.949. The van der Waals surface area contributed by atoms with E-state index in [1.54, 1.807) is 0 Å². The van der Waals surface area contributed by atoms with E-state index in [9.17, 15) is 0 Å². The van der Waals surface area contributed by atoms with Gasteiger partial charge in [-0.25, -0.2) is 0 Å². The van der Waals surface area contributed by atoms with E-state index in [0.717, 1.165) is 141 Å². The molecule has 0 aliphatic heterocycles. The summed E-state index contributed by atoms with van der Waals surface area (Å²) in [6, 6.07) is 148. The maximum Gasteiger partial charge on any atom is 0.0723 e. The van der Waals surface area contributed by atoms with E-state index >= 15 is 0 Å². The van der Waals surface area contributed by atoms with Gasteiger partial charge in [0.25, 0.3) is 0 Å². The normalized spacial score (nSPS) is 11.0. The van der Waals surface area contributed by atoms with Crippen LogP contribution in [0.5, 0.6) is 0 Å². The Bertz CT molecular complexity index is 5340. The second-order valence-electron chi connectivity index (χ2n) is 25.5. The molecule has 0 aliphatic rings. The topological polar surface area (TPSA) is 48.5 Å². The minimum absolute atomic E-state index is 0.949. The lowest BCUT2D eigenvalue weighted by molar-refractivity contribution is 1.23. The average molecular weight is 1350 g/mol. The highest BCUT2D eigenvalue weighted by Crippen LogP contribution is 2.47. The molecule has 17 aromatic rings. The van der Waals surface area contributed by atoms with Gasteiger partial charge in [0, 0.05) is 131 Å². The molecule has 0 amide bonds. The zero-order chi connectivity index (χ0) is 70.1. The van der Waals surface area contributed by atoms with Crippen molar-refractivity contribution in [3.8, 4) is 0 Å². The Hall–Kier alpha value is -14.3. The number of para-hydroxylation sites is 9. The summed E-state index contributed by atoms with van der Waals surface area (Å²) in [6.07, 6.45) is 3.79. The van der Waals surface area contributed by atoms with Crippen LogP contribution in [0.1, 0.15) is 0 Å². The Balaban J connectivity index is 0.662. The lowest BCUT2D eigenvalue weighted by Gasteiger charge is -2.30. The monoisotopic (exact) mass is 1350 g/mol. The first kappa shape index (κ1) is 64.1. The molecule has 15 aromatic carbocycles. The minimum Gasteiger partial charge on any atom is -0.311 e. The number of anilines is 21. The summed E-state index contributed by atoms with van der Waals surface area (Å²) in [5.74, 6) is 0. The maximum atomic E-state index is 4.71. The predicted octanol–water partition coefficient (Wildman–Crippen LogP) is 27.1. The van der Waals surface area contributed by atoms with Crippen LogP contribution in [-0.4, -0.2) is 9.97 Å². The van der Waals surface area contributed by atoms with Crippen molar-refractivity contribution in [3.63, 3.8) is 0 Å². The molecule has 0 atom stereocenters. The third-order valence-electron chi connectivity index (χ3n) is 19.0. The van der Waals surface area contributed by atoms with E-state index in [1.165, 1.54) is 0 Å². The van der Waals surface area contributed by atoms with Crippen molar-refractivity contribution in [1.82, 2.24) is 9.97 Å². The quantitative estimate of drug-likeness (QED) is 0.0700. The Kier molecular flexibility index (Phi) is 18.0. The summed E-state index contributed by atoms with van der Waals surface area (Å²) in [4.78, 5) is 25.6. The van der Waals surface area contributed by atoms with Crippen LogP contribution in [0.15, 0.2) is 431 Å². The van der Waals surface area contributed by atoms with Crippen LogP contribution in [0.4, 0.5) is 119 Å². The molecule has 0 fully saturated rings. The molecule has 9 nitrogen and oxygen atoms in total. The molecule has 500 valence electrons. The Morgan fingerprint density at radius 2 is 0.267 bits per heavy atom. The first-order valence-corrected chi connectivity index (χ1v) is 35.4. The zero-order valence-electron chi connectivity index (χ0n) is 57.5. The second-order valence-corrected chi connectivity index (χ2v) is 25.5. The summed E-state index contributed by atoms with van der Waals surface area (Å²) in [5, 5.41) is 2.16. The van der Waals surface area contributed by atoms with Crippen LogP contribution in [-0.2, 0) is 0 Å². The van der Waals surface area contributed by atoms with Crippen LogP contribution < -0.4 is 34.3 Å². The molecule has 0 aliphatic carbocycles. The van der Waals surface area contributed by atoms with Gasteiger partial charge in [-0.2, -0.15) is 0 Å². The third kappa shape index (κ3) is 13.3. The molecular weight excluding hydrogens is 1280 g/mol. The van der Waals surface area contributed by atoms with E-state index in [0.29, 0.717) is 0 Å². The van der Waals surface area contributed by atoms with Crippen molar-refractivity contribution in [2.24, 2.45) is 0 Å². The number of hydrogen-bond donors (Lipinski definition) is 0. The Morgan fingerprint density at radius 3 is 0.457 bits per heavy atom. The van der Waals surface area contributed by atoms with Gasteiger partial charge in [-0.15, -0.1) is 0 Å². The summed E-state index contributed by atoms with van der Waals surface area (Å²) in [6.45, 7) is 0. The highest BCUT2D eigenvalue weighted by atomic mass is 15.2. The SMILES string of the molecule is c1ccc(N(c2ccc(N(c3ccccc3)c3ccc(N(c4ccccc4)c4ccc(N(c5ccccc5)c5ccnc6ccccc56)cc4)cc3)cc2)c2ccc(N(c3ccccc3)c3ccc(N(c4ccccc4)c4ccc(N(c5ccccc5)c5ccnc6ccccc56)cc4)cc3)cc2)cc1. The number of fused-ring (bicyclic) bond motifs is 2. The maximum absolute atomic E-state index is 4.71. The van der Waals surface area contributed by atoms with E-state index in [1.807, 2.05) is 24.5 Å². The molecule has 0 saturated carbocycles. The molecular formula is C96H71N9. The molecule has 0 radical (unpaired) electrons. The molecule has 9 heteroatoms. The molecule has 17 rings (SSSR count). The number of aromatic nitrogens is 2. The Morgan fingerprint density at radius 1 is 0.124 bits per heavy atom. The summed E-state index contributed by atoms with van der Waals surface area (Å²) in [5.41, 5.74) is 23.8. The Labute approximate surface area is 612 Å². The number of hydrogen-bond acceptors (Lipinski definition) is 9. The van der Waals surface area contributed by atoms with Crippen molar-refractivity contribution in [1.29, 1.82) is 0 Å². The number of rotatable bonds is 21. The largest absolute Gasteiger partial charge is 0.311 e. The van der Waals surface area contributed by atoms with Crippen LogP contribution in [0, 0.1) is 0 Å². The molecule has 2 heterocycles. The highest BCUT2D eigenvalue weighted by molar-refractivity contribution is 5.99. The predicted molar refractivity (Wildman–Crippen MR) is 440 cm³/mol. The van der Waals surface area contributed by atoms with Crippen molar-refractivity contribution in [3.05, 3.63) is 431 Å². The van der Waals surface area contributed by atoms with Gasteiger partial charge in [0.05, 0.1) is 22.4 Å². The fourth-order valence-corrected chi connectivity index (χ4v) is 14.2. The van der Waals surface area contributed by atoms with Crippen molar-refractivity contribution < 1.29 is 0 Å². The van der Waals surface area contributed by atoms with Crippen molar-refractivity contribution in [2.45, 2.75) is 0 Å². The fraction of sp³-hybridized carbons (Fsp3) is 0. The van der Waals surface area contributed by atoms with Gasteiger partial charge >= 0.3 is 0 Å². The molecule has 0 saturated heterocycles. The summed E-state index contributed by atoms with van der Waals surface area (Å²) < 4.78 is 0. The van der Waals surface area contributed by atoms with Crippen molar-refractivity contribution in [2.75, 3.05) is 34.3 Å². The first-order valence-electron chi connectivity index (χ1n) is 35.4. The summed E-state index contributed by atoms with van der Waals surface area (Å²) in [7, 11) is 0. The molecule has 2 aromatic heterocycles. The van der Waals surface area contributed by atoms with Crippen LogP contribution in [0.3, 0.4) is 0 Å². The fourth-order valence-electron chi connectivity index (χ4n) is 14.2. The van der Waals surface area contributed by atoms with Gasteiger partial charge in [-0.1, -0.05) is 164 Å². The highest BCUT2D eigenvalue weighted by Gasteiger charge is 2.24. The van der Waals surface area contributed by atoms with E-state index in [-0.39, 0.29) is 0 Å². The summed E-state index contributed by atoms with van der Waals surface area (Å²) >= 11 is 0. The number of benzene rings is 15. The van der Waals surface area contributed by atoms with Crippen LogP contribution >= 0.6 is 0 Å². The van der Waals surface area contributed by atoms with Crippen LogP contribution in [0.25, 0.3) is 21.8 Å². The van der Waals surface area contributed by atoms with Gasteiger partial charge in [-0.05, 0) is 255 Å². The standard InChI is InChI=1S/C96H71N9/c1-8-26-72(27-9-1)99(79-44-48-81(49-45-79)100(73-28-10-2-11-29-73)83-52-56-85(57-53-83)102(75-32-14-4-15-33-75)87-60-64-89(65-61-87)104(77-36-18-6-19-37-77)95-68-70-97-93-42-24-22-40-91(93)95)80-46-50-82(51-47-80)101(74-30-12-3-13-31-74)84-54-58-86(59-55-84)103(76-34-16-5-17-35-76)88-62-66-90(67-63-88)105(78-38-20-7-21-39-78)96-69-71-98-94-43-25-23-41-92(94)96/h1-71H. The van der Waals surface area contributed by atoms with Gasteiger partial charge in [0.2, 0.25) is 0 Å². The third-order valence-corrected chi connectivity index (χ3v) is 19.0. The van der Waals surface area contributed by atoms with E-state index in [4.69, 9.17) is 9.97 Å². The van der Waals surface area contributed by atoms with Gasteiger partial charge in [0.15, 0.2) is 0 Å². The number of nitrogens with zero attached hydrogens (tertiary/aromatic N) is 9. The lowest BCUT2D eigenvalue weighted by atomic mass is 10.1.